The van der Waals surface area contributed by atoms with E-state index in [1.807, 2.05) is 31.2 Å². The third-order valence-electron chi connectivity index (χ3n) is 3.58. The zero-order valence-corrected chi connectivity index (χ0v) is 14.0. The van der Waals surface area contributed by atoms with Gasteiger partial charge in [-0.05, 0) is 25.0 Å². The van der Waals surface area contributed by atoms with Crippen molar-refractivity contribution in [1.82, 2.24) is 5.32 Å². The van der Waals surface area contributed by atoms with Gasteiger partial charge in [-0.3, -0.25) is 9.59 Å². The summed E-state index contributed by atoms with van der Waals surface area (Å²) in [7, 11) is 1.52. The van der Waals surface area contributed by atoms with Crippen LogP contribution in [-0.4, -0.2) is 38.2 Å². The maximum Gasteiger partial charge on any atom is 0.308 e. The van der Waals surface area contributed by atoms with E-state index in [1.54, 1.807) is 6.92 Å². The number of hydrogen-bond donors (Lipinski definition) is 2. The van der Waals surface area contributed by atoms with Gasteiger partial charge in [0, 0.05) is 13.7 Å². The summed E-state index contributed by atoms with van der Waals surface area (Å²) < 4.78 is 10.1. The Morgan fingerprint density at radius 2 is 1.96 bits per heavy atom. The molecule has 2 unspecified atom stereocenters. The number of hydrogen-bond acceptors (Lipinski definition) is 5. The van der Waals surface area contributed by atoms with Crippen molar-refractivity contribution in [2.45, 2.75) is 38.8 Å². The summed E-state index contributed by atoms with van der Waals surface area (Å²) in [5.74, 6) is -0.553. The van der Waals surface area contributed by atoms with Crippen molar-refractivity contribution in [3.63, 3.8) is 0 Å². The van der Waals surface area contributed by atoms with Crippen molar-refractivity contribution in [1.29, 1.82) is 0 Å². The highest BCUT2D eigenvalue weighted by atomic mass is 16.5. The third-order valence-corrected chi connectivity index (χ3v) is 3.58. The zero-order valence-electron chi connectivity index (χ0n) is 14.0. The molecule has 0 radical (unpaired) electrons. The highest BCUT2D eigenvalue weighted by molar-refractivity contribution is 5.78. The molecule has 1 rings (SSSR count). The van der Waals surface area contributed by atoms with E-state index >= 15 is 0 Å². The molecular formula is C17H26N2O4. The molecular weight excluding hydrogens is 296 g/mol. The van der Waals surface area contributed by atoms with Gasteiger partial charge < -0.3 is 20.5 Å². The first-order valence-electron chi connectivity index (χ1n) is 7.75. The second kappa shape index (κ2) is 9.97. The van der Waals surface area contributed by atoms with Crippen LogP contribution in [0.2, 0.25) is 0 Å². The van der Waals surface area contributed by atoms with Gasteiger partial charge in [0.2, 0.25) is 5.91 Å². The largest absolute Gasteiger partial charge is 0.466 e. The van der Waals surface area contributed by atoms with E-state index < -0.39 is 6.04 Å². The molecule has 1 aromatic carbocycles. The van der Waals surface area contributed by atoms with E-state index in [0.29, 0.717) is 6.61 Å². The normalized spacial score (nSPS) is 13.2. The maximum atomic E-state index is 12.2. The Labute approximate surface area is 137 Å². The molecule has 0 heterocycles. The van der Waals surface area contributed by atoms with Gasteiger partial charge in [-0.15, -0.1) is 0 Å². The van der Waals surface area contributed by atoms with Crippen molar-refractivity contribution >= 4 is 11.9 Å². The standard InChI is InChI=1S/C17H26N2O4/c1-4-23-17(21)10-15(14-8-6-5-7-12(14)2)19-16(20)9-13(11-18)22-3/h5-8,13,15H,4,9-11,18H2,1-3H3,(H,19,20). The molecule has 0 aromatic heterocycles. The first-order valence-corrected chi connectivity index (χ1v) is 7.75. The van der Waals surface area contributed by atoms with Crippen molar-refractivity contribution in [2.24, 2.45) is 5.73 Å². The minimum absolute atomic E-state index is 0.0880. The lowest BCUT2D eigenvalue weighted by molar-refractivity contribution is -0.143. The monoisotopic (exact) mass is 322 g/mol. The average Bonchev–Trinajstić information content (AvgIpc) is 2.52. The van der Waals surface area contributed by atoms with Gasteiger partial charge in [-0.1, -0.05) is 24.3 Å². The number of aryl methyl sites for hydroxylation is 1. The minimum atomic E-state index is -0.432. The molecule has 0 fully saturated rings. The summed E-state index contributed by atoms with van der Waals surface area (Å²) in [5.41, 5.74) is 7.44. The fourth-order valence-corrected chi connectivity index (χ4v) is 2.33. The molecule has 23 heavy (non-hydrogen) atoms. The lowest BCUT2D eigenvalue weighted by Crippen LogP contribution is -2.35. The fraction of sp³-hybridized carbons (Fsp3) is 0.529. The lowest BCUT2D eigenvalue weighted by atomic mass is 9.98. The highest BCUT2D eigenvalue weighted by Crippen LogP contribution is 2.21. The summed E-state index contributed by atoms with van der Waals surface area (Å²) in [6.07, 6.45) is -0.0989. The van der Waals surface area contributed by atoms with Gasteiger partial charge in [-0.2, -0.15) is 0 Å². The Kier molecular flexibility index (Phi) is 8.29. The predicted molar refractivity (Wildman–Crippen MR) is 87.8 cm³/mol. The number of rotatable bonds is 9. The number of carbonyl (C=O) groups is 2. The molecule has 3 N–H and O–H groups in total. The molecule has 6 nitrogen and oxygen atoms in total. The Hall–Kier alpha value is -1.92. The van der Waals surface area contributed by atoms with Crippen molar-refractivity contribution in [2.75, 3.05) is 20.3 Å². The SMILES string of the molecule is CCOC(=O)CC(NC(=O)CC(CN)OC)c1ccccc1C. The number of esters is 1. The molecule has 0 aliphatic carbocycles. The van der Waals surface area contributed by atoms with Gasteiger partial charge in [0.25, 0.3) is 0 Å². The lowest BCUT2D eigenvalue weighted by Gasteiger charge is -2.21. The number of benzene rings is 1. The van der Waals surface area contributed by atoms with Crippen molar-refractivity contribution in [3.05, 3.63) is 35.4 Å². The minimum Gasteiger partial charge on any atom is -0.466 e. The molecule has 0 saturated carbocycles. The van der Waals surface area contributed by atoms with Crippen LogP contribution in [0.15, 0.2) is 24.3 Å². The van der Waals surface area contributed by atoms with Gasteiger partial charge >= 0.3 is 5.97 Å². The number of methoxy groups -OCH3 is 1. The molecule has 128 valence electrons. The van der Waals surface area contributed by atoms with Gasteiger partial charge in [0.05, 0.1) is 31.6 Å². The topological polar surface area (TPSA) is 90.7 Å². The van der Waals surface area contributed by atoms with Crippen LogP contribution in [0.5, 0.6) is 0 Å². The van der Waals surface area contributed by atoms with Crippen LogP contribution in [0.3, 0.4) is 0 Å². The van der Waals surface area contributed by atoms with Crippen molar-refractivity contribution < 1.29 is 19.1 Å². The first kappa shape index (κ1) is 19.1. The summed E-state index contributed by atoms with van der Waals surface area (Å²) >= 11 is 0. The number of amides is 1. The molecule has 0 spiro atoms. The molecule has 0 saturated heterocycles. The van der Waals surface area contributed by atoms with Gasteiger partial charge in [0.15, 0.2) is 0 Å². The molecule has 2 atom stereocenters. The number of nitrogens with one attached hydrogen (secondary N) is 1. The Balaban J connectivity index is 2.85. The summed E-state index contributed by atoms with van der Waals surface area (Å²) in [4.78, 5) is 24.0. The molecule has 6 heteroatoms. The number of ether oxygens (including phenoxy) is 2. The van der Waals surface area contributed by atoms with Crippen LogP contribution >= 0.6 is 0 Å². The van der Waals surface area contributed by atoms with Gasteiger partial charge in [0.1, 0.15) is 0 Å². The van der Waals surface area contributed by atoms with E-state index in [9.17, 15) is 9.59 Å². The Morgan fingerprint density at radius 1 is 1.26 bits per heavy atom. The Bertz CT molecular complexity index is 515. The highest BCUT2D eigenvalue weighted by Gasteiger charge is 2.22. The molecule has 0 aliphatic heterocycles. The van der Waals surface area contributed by atoms with Gasteiger partial charge in [-0.25, -0.2) is 0 Å². The Morgan fingerprint density at radius 3 is 2.52 bits per heavy atom. The van der Waals surface area contributed by atoms with Crippen LogP contribution < -0.4 is 11.1 Å². The number of carbonyl (C=O) groups excluding carboxylic acids is 2. The quantitative estimate of drug-likeness (QED) is 0.672. The van der Waals surface area contributed by atoms with Crippen LogP contribution in [0.1, 0.15) is 36.9 Å². The van der Waals surface area contributed by atoms with Crippen LogP contribution in [0.4, 0.5) is 0 Å². The molecule has 0 aliphatic rings. The first-order chi connectivity index (χ1) is 11.0. The zero-order chi connectivity index (χ0) is 17.2. The average molecular weight is 322 g/mol. The summed E-state index contributed by atoms with van der Waals surface area (Å²) in [6, 6.07) is 7.20. The summed E-state index contributed by atoms with van der Waals surface area (Å²) in [6.45, 7) is 4.27. The third kappa shape index (κ3) is 6.38. The second-order valence-corrected chi connectivity index (χ2v) is 5.28. The molecule has 1 aromatic rings. The van der Waals surface area contributed by atoms with Crippen LogP contribution in [0, 0.1) is 6.92 Å². The second-order valence-electron chi connectivity index (χ2n) is 5.28. The molecule has 0 bridgehead atoms. The van der Waals surface area contributed by atoms with E-state index in [1.165, 1.54) is 7.11 Å². The molecule has 1 amide bonds. The summed E-state index contributed by atoms with van der Waals surface area (Å²) in [5, 5.41) is 2.89. The van der Waals surface area contributed by atoms with E-state index in [0.717, 1.165) is 11.1 Å². The maximum absolute atomic E-state index is 12.2. The fourth-order valence-electron chi connectivity index (χ4n) is 2.33. The number of nitrogens with two attached hydrogens (primary N) is 1. The van der Waals surface area contributed by atoms with E-state index in [-0.39, 0.29) is 37.4 Å². The van der Waals surface area contributed by atoms with E-state index in [2.05, 4.69) is 5.32 Å². The smallest absolute Gasteiger partial charge is 0.308 e. The van der Waals surface area contributed by atoms with Crippen LogP contribution in [0.25, 0.3) is 0 Å². The van der Waals surface area contributed by atoms with Crippen LogP contribution in [-0.2, 0) is 19.1 Å². The van der Waals surface area contributed by atoms with Crippen molar-refractivity contribution in [3.8, 4) is 0 Å². The van der Waals surface area contributed by atoms with E-state index in [4.69, 9.17) is 15.2 Å². The predicted octanol–water partition coefficient (Wildman–Crippen LogP) is 1.47.